The molecule has 29 heavy (non-hydrogen) atoms. The number of aromatic nitrogens is 5. The number of hydrogen-bond donors (Lipinski definition) is 1. The molecule has 0 radical (unpaired) electrons. The zero-order chi connectivity index (χ0) is 20.0. The van der Waals surface area contributed by atoms with Gasteiger partial charge in [-0.15, -0.1) is 10.2 Å². The van der Waals surface area contributed by atoms with Crippen LogP contribution in [0, 0.1) is 18.8 Å². The highest BCUT2D eigenvalue weighted by atomic mass is 16.3. The number of anilines is 1. The van der Waals surface area contributed by atoms with Crippen molar-refractivity contribution in [2.24, 2.45) is 11.8 Å². The molecule has 3 atom stereocenters. The van der Waals surface area contributed by atoms with E-state index < -0.39 is 0 Å². The summed E-state index contributed by atoms with van der Waals surface area (Å²) in [7, 11) is 2.13. The number of hydrogen-bond acceptors (Lipinski definition) is 6. The van der Waals surface area contributed by atoms with Gasteiger partial charge >= 0.3 is 0 Å². The number of aromatic hydroxyl groups is 1. The lowest BCUT2D eigenvalue weighted by Crippen LogP contribution is -2.37. The molecular weight excluding hydrogens is 364 g/mol. The van der Waals surface area contributed by atoms with Crippen LogP contribution in [-0.4, -0.2) is 43.2 Å². The van der Waals surface area contributed by atoms with E-state index in [1.807, 2.05) is 31.2 Å². The van der Waals surface area contributed by atoms with Gasteiger partial charge in [-0.1, -0.05) is 12.8 Å². The molecule has 0 spiro atoms. The molecule has 2 aromatic heterocycles. The topological polar surface area (TPSA) is 80.0 Å². The number of aryl methyl sites for hydroxylation is 1. The van der Waals surface area contributed by atoms with Crippen LogP contribution >= 0.6 is 0 Å². The highest BCUT2D eigenvalue weighted by Crippen LogP contribution is 2.43. The third kappa shape index (κ3) is 3.45. The summed E-state index contributed by atoms with van der Waals surface area (Å²) < 4.78 is 1.64. The van der Waals surface area contributed by atoms with Crippen LogP contribution in [0.15, 0.2) is 36.7 Å². The molecule has 2 fully saturated rings. The Kier molecular flexibility index (Phi) is 4.45. The molecule has 2 aliphatic rings. The van der Waals surface area contributed by atoms with Crippen molar-refractivity contribution in [1.29, 1.82) is 0 Å². The molecule has 2 heterocycles. The first-order valence-electron chi connectivity index (χ1n) is 10.4. The fraction of sp³-hybridized carbons (Fsp3) is 0.455. The Balaban J connectivity index is 1.34. The van der Waals surface area contributed by atoms with Gasteiger partial charge in [0.25, 0.3) is 0 Å². The summed E-state index contributed by atoms with van der Waals surface area (Å²) in [5.41, 5.74) is 2.07. The van der Waals surface area contributed by atoms with Crippen LogP contribution in [-0.2, 0) is 0 Å². The van der Waals surface area contributed by atoms with Crippen LogP contribution in [0.5, 0.6) is 5.75 Å². The number of benzene rings is 1. The van der Waals surface area contributed by atoms with Gasteiger partial charge in [-0.25, -0.2) is 9.67 Å². The molecule has 2 bridgehead atoms. The Hall–Kier alpha value is -2.96. The average Bonchev–Trinajstić information content (AvgIpc) is 3.32. The predicted molar refractivity (Wildman–Crippen MR) is 111 cm³/mol. The summed E-state index contributed by atoms with van der Waals surface area (Å²) in [6, 6.07) is 9.90. The maximum absolute atomic E-state index is 10.5. The normalized spacial score (nSPS) is 23.3. The van der Waals surface area contributed by atoms with E-state index in [9.17, 15) is 5.11 Å². The molecular formula is C22H26N6O. The first kappa shape index (κ1) is 18.1. The Labute approximate surface area is 170 Å². The van der Waals surface area contributed by atoms with Crippen molar-refractivity contribution in [2.45, 2.75) is 45.1 Å². The van der Waals surface area contributed by atoms with Crippen molar-refractivity contribution in [1.82, 2.24) is 25.0 Å². The second-order valence-electron chi connectivity index (χ2n) is 8.50. The molecule has 7 nitrogen and oxygen atoms in total. The van der Waals surface area contributed by atoms with Crippen LogP contribution in [0.2, 0.25) is 0 Å². The highest BCUT2D eigenvalue weighted by Gasteiger charge is 2.36. The van der Waals surface area contributed by atoms with E-state index in [1.54, 1.807) is 17.1 Å². The van der Waals surface area contributed by atoms with E-state index in [1.165, 1.54) is 32.1 Å². The van der Waals surface area contributed by atoms with Crippen molar-refractivity contribution in [2.75, 3.05) is 11.9 Å². The SMILES string of the molecule is Cc1ncn(-c2ccc(-c3ccc(N(C)[C@H]4CC5CC[C@@H](C5)C4)nn3)c(O)c2)n1. The lowest BCUT2D eigenvalue weighted by Gasteiger charge is -2.35. The minimum Gasteiger partial charge on any atom is -0.507 e. The van der Waals surface area contributed by atoms with E-state index in [4.69, 9.17) is 0 Å². The molecule has 150 valence electrons. The third-order valence-corrected chi connectivity index (χ3v) is 6.55. The lowest BCUT2D eigenvalue weighted by molar-refractivity contribution is 0.312. The fourth-order valence-electron chi connectivity index (χ4n) is 4.98. The van der Waals surface area contributed by atoms with Gasteiger partial charge in [0, 0.05) is 24.7 Å². The van der Waals surface area contributed by atoms with E-state index in [0.717, 1.165) is 23.3 Å². The molecule has 3 aromatic rings. The van der Waals surface area contributed by atoms with Gasteiger partial charge < -0.3 is 10.0 Å². The van der Waals surface area contributed by atoms with Crippen molar-refractivity contribution in [3.05, 3.63) is 42.5 Å². The lowest BCUT2D eigenvalue weighted by atomic mass is 9.85. The first-order chi connectivity index (χ1) is 14.1. The van der Waals surface area contributed by atoms with Crippen molar-refractivity contribution >= 4 is 5.82 Å². The predicted octanol–water partition coefficient (Wildman–Crippen LogP) is 3.75. The molecule has 0 aliphatic heterocycles. The molecule has 0 saturated heterocycles. The second kappa shape index (κ2) is 7.13. The Morgan fingerprint density at radius 1 is 1.03 bits per heavy atom. The number of fused-ring (bicyclic) bond motifs is 2. The van der Waals surface area contributed by atoms with Gasteiger partial charge in [0.2, 0.25) is 0 Å². The van der Waals surface area contributed by atoms with Gasteiger partial charge in [-0.05, 0) is 62.3 Å². The van der Waals surface area contributed by atoms with Gasteiger partial charge in [0.1, 0.15) is 17.9 Å². The van der Waals surface area contributed by atoms with Crippen molar-refractivity contribution in [3.8, 4) is 22.7 Å². The van der Waals surface area contributed by atoms with Crippen LogP contribution in [0.25, 0.3) is 16.9 Å². The molecule has 7 heteroatoms. The summed E-state index contributed by atoms with van der Waals surface area (Å²) in [6.07, 6.45) is 8.36. The molecule has 2 aliphatic carbocycles. The number of rotatable bonds is 4. The summed E-state index contributed by atoms with van der Waals surface area (Å²) in [5, 5.41) is 23.7. The van der Waals surface area contributed by atoms with Crippen molar-refractivity contribution < 1.29 is 5.11 Å². The quantitative estimate of drug-likeness (QED) is 0.731. The molecule has 0 amide bonds. The molecule has 1 aromatic carbocycles. The van der Waals surface area contributed by atoms with Crippen LogP contribution in [0.4, 0.5) is 5.82 Å². The minimum absolute atomic E-state index is 0.148. The van der Waals surface area contributed by atoms with E-state index in [-0.39, 0.29) is 5.75 Å². The summed E-state index contributed by atoms with van der Waals surface area (Å²) >= 11 is 0. The largest absolute Gasteiger partial charge is 0.507 e. The smallest absolute Gasteiger partial charge is 0.151 e. The molecule has 2 saturated carbocycles. The third-order valence-electron chi connectivity index (χ3n) is 6.55. The van der Waals surface area contributed by atoms with Gasteiger partial charge in [0.15, 0.2) is 5.82 Å². The summed E-state index contributed by atoms with van der Waals surface area (Å²) in [4.78, 5) is 6.41. The Bertz CT molecular complexity index is 1000. The monoisotopic (exact) mass is 390 g/mol. The maximum atomic E-state index is 10.5. The van der Waals surface area contributed by atoms with Gasteiger partial charge in [-0.2, -0.15) is 5.10 Å². The highest BCUT2D eigenvalue weighted by molar-refractivity contribution is 5.69. The van der Waals surface area contributed by atoms with E-state index in [2.05, 4.69) is 32.2 Å². The minimum atomic E-state index is 0.148. The van der Waals surface area contributed by atoms with Gasteiger partial charge in [-0.3, -0.25) is 0 Å². The summed E-state index contributed by atoms with van der Waals surface area (Å²) in [6.45, 7) is 1.83. The number of phenolic OH excluding ortho intramolecular Hbond substituents is 1. The average molecular weight is 390 g/mol. The van der Waals surface area contributed by atoms with E-state index >= 15 is 0 Å². The molecule has 1 unspecified atom stereocenters. The number of nitrogens with zero attached hydrogens (tertiary/aromatic N) is 6. The Morgan fingerprint density at radius 3 is 2.45 bits per heavy atom. The number of phenols is 1. The van der Waals surface area contributed by atoms with Gasteiger partial charge in [0.05, 0.1) is 11.4 Å². The second-order valence-corrected chi connectivity index (χ2v) is 8.50. The fourth-order valence-corrected chi connectivity index (χ4v) is 4.98. The van der Waals surface area contributed by atoms with Crippen LogP contribution in [0.3, 0.4) is 0 Å². The van der Waals surface area contributed by atoms with E-state index in [0.29, 0.717) is 23.1 Å². The standard InChI is InChI=1S/C22H26N6O/c1-14-23-13-28(26-14)17-5-6-19(21(29)12-17)20-7-8-22(25-24-20)27(2)18-10-15-3-4-16(9-15)11-18/h5-8,12-13,15-16,18,29H,3-4,9-11H2,1-2H3/t15-,16?,18+/m0/s1. The zero-order valence-electron chi connectivity index (χ0n) is 16.9. The first-order valence-corrected chi connectivity index (χ1v) is 10.4. The Morgan fingerprint density at radius 2 is 1.83 bits per heavy atom. The zero-order valence-corrected chi connectivity index (χ0v) is 16.9. The molecule has 5 rings (SSSR count). The summed E-state index contributed by atoms with van der Waals surface area (Å²) in [5.74, 6) is 3.50. The van der Waals surface area contributed by atoms with Crippen LogP contribution < -0.4 is 4.90 Å². The van der Waals surface area contributed by atoms with Crippen molar-refractivity contribution in [3.63, 3.8) is 0 Å². The maximum Gasteiger partial charge on any atom is 0.151 e. The van der Waals surface area contributed by atoms with Crippen LogP contribution in [0.1, 0.15) is 37.9 Å². The molecule has 1 N–H and O–H groups in total.